The fraction of sp³-hybridized carbons (Fsp3) is 0.0526. The van der Waals surface area contributed by atoms with Crippen LogP contribution in [0.15, 0.2) is 82.3 Å². The average Bonchev–Trinajstić information content (AvgIpc) is 3.07. The minimum Gasteiger partial charge on any atom is -0.449 e. The minimum atomic E-state index is -1.85. The van der Waals surface area contributed by atoms with E-state index < -0.39 is 11.5 Å². The first-order valence-corrected chi connectivity index (χ1v) is 8.61. The number of hydrogen-bond donors (Lipinski definition) is 2. The van der Waals surface area contributed by atoms with Gasteiger partial charge in [-0.3, -0.25) is 4.79 Å². The number of nitrogens with one attached hydrogen (secondary N) is 1. The van der Waals surface area contributed by atoms with Crippen molar-refractivity contribution in [3.8, 4) is 0 Å². The SMILES string of the molecule is O=C(N/N=C/c1ccc(I)o1)C(O)(c1ccccc1)c1ccccc1. The number of aliphatic hydroxyl groups is 1. The molecule has 1 amide bonds. The highest BCUT2D eigenvalue weighted by molar-refractivity contribution is 14.1. The van der Waals surface area contributed by atoms with Gasteiger partial charge in [-0.05, 0) is 45.9 Å². The number of carbonyl (C=O) groups is 1. The number of halogens is 1. The number of amides is 1. The van der Waals surface area contributed by atoms with Crippen molar-refractivity contribution in [1.29, 1.82) is 0 Å². The van der Waals surface area contributed by atoms with Crippen LogP contribution >= 0.6 is 22.6 Å². The lowest BCUT2D eigenvalue weighted by molar-refractivity contribution is -0.136. The van der Waals surface area contributed by atoms with E-state index in [-0.39, 0.29) is 0 Å². The zero-order valence-electron chi connectivity index (χ0n) is 13.1. The second kappa shape index (κ2) is 7.62. The van der Waals surface area contributed by atoms with Gasteiger partial charge in [0.15, 0.2) is 9.37 Å². The van der Waals surface area contributed by atoms with E-state index in [9.17, 15) is 9.90 Å². The van der Waals surface area contributed by atoms with Gasteiger partial charge in [0.1, 0.15) is 5.76 Å². The molecular formula is C19H15IN2O3. The molecule has 3 rings (SSSR count). The zero-order valence-corrected chi connectivity index (χ0v) is 15.3. The van der Waals surface area contributed by atoms with Gasteiger partial charge in [-0.1, -0.05) is 60.7 Å². The van der Waals surface area contributed by atoms with Gasteiger partial charge in [-0.15, -0.1) is 0 Å². The molecule has 3 aromatic rings. The van der Waals surface area contributed by atoms with Crippen molar-refractivity contribution in [3.05, 3.63) is 93.5 Å². The van der Waals surface area contributed by atoms with Crippen LogP contribution in [0.4, 0.5) is 0 Å². The topological polar surface area (TPSA) is 74.8 Å². The molecule has 0 saturated carbocycles. The molecule has 0 fully saturated rings. The number of carbonyl (C=O) groups excluding carboxylic acids is 1. The number of hydrogen-bond acceptors (Lipinski definition) is 4. The van der Waals surface area contributed by atoms with E-state index in [1.165, 1.54) is 6.21 Å². The largest absolute Gasteiger partial charge is 0.449 e. The van der Waals surface area contributed by atoms with Gasteiger partial charge in [0.05, 0.1) is 6.21 Å². The molecule has 2 N–H and O–H groups in total. The first-order chi connectivity index (χ1) is 12.1. The monoisotopic (exact) mass is 446 g/mol. The molecule has 0 bridgehead atoms. The van der Waals surface area contributed by atoms with E-state index in [2.05, 4.69) is 10.5 Å². The highest BCUT2D eigenvalue weighted by atomic mass is 127. The van der Waals surface area contributed by atoms with Crippen LogP contribution in [0.2, 0.25) is 0 Å². The van der Waals surface area contributed by atoms with E-state index in [0.717, 1.165) is 3.77 Å². The Balaban J connectivity index is 1.89. The number of benzene rings is 2. The summed E-state index contributed by atoms with van der Waals surface area (Å²) in [6, 6.07) is 21.0. The molecule has 25 heavy (non-hydrogen) atoms. The molecule has 1 aromatic heterocycles. The van der Waals surface area contributed by atoms with E-state index in [0.29, 0.717) is 16.9 Å². The van der Waals surface area contributed by atoms with Gasteiger partial charge in [0, 0.05) is 0 Å². The minimum absolute atomic E-state index is 0.460. The Morgan fingerprint density at radius 2 is 1.56 bits per heavy atom. The van der Waals surface area contributed by atoms with Gasteiger partial charge in [-0.2, -0.15) is 5.10 Å². The maximum Gasteiger partial charge on any atom is 0.281 e. The average molecular weight is 446 g/mol. The van der Waals surface area contributed by atoms with E-state index in [1.807, 2.05) is 34.7 Å². The molecule has 126 valence electrons. The van der Waals surface area contributed by atoms with Gasteiger partial charge >= 0.3 is 0 Å². The summed E-state index contributed by atoms with van der Waals surface area (Å²) in [6.45, 7) is 0. The molecule has 6 heteroatoms. The van der Waals surface area contributed by atoms with Gasteiger partial charge in [0.25, 0.3) is 5.91 Å². The molecule has 2 aromatic carbocycles. The fourth-order valence-electron chi connectivity index (χ4n) is 2.42. The summed E-state index contributed by atoms with van der Waals surface area (Å²) in [5, 5.41) is 15.1. The molecule has 0 atom stereocenters. The molecule has 5 nitrogen and oxygen atoms in total. The van der Waals surface area contributed by atoms with Crippen molar-refractivity contribution in [1.82, 2.24) is 5.43 Å². The van der Waals surface area contributed by atoms with Crippen molar-refractivity contribution in [2.75, 3.05) is 0 Å². The summed E-state index contributed by atoms with van der Waals surface area (Å²) in [7, 11) is 0. The second-order valence-corrected chi connectivity index (χ2v) is 6.35. The first kappa shape index (κ1) is 17.4. The Kier molecular flexibility index (Phi) is 5.30. The summed E-state index contributed by atoms with van der Waals surface area (Å²) < 4.78 is 6.06. The number of furan rings is 1. The summed E-state index contributed by atoms with van der Waals surface area (Å²) in [6.07, 6.45) is 1.39. The highest BCUT2D eigenvalue weighted by Crippen LogP contribution is 2.29. The van der Waals surface area contributed by atoms with Crippen molar-refractivity contribution >= 4 is 34.7 Å². The molecule has 0 unspecified atom stereocenters. The van der Waals surface area contributed by atoms with Crippen molar-refractivity contribution < 1.29 is 14.3 Å². The number of rotatable bonds is 5. The lowest BCUT2D eigenvalue weighted by Gasteiger charge is -2.26. The molecule has 0 spiro atoms. The van der Waals surface area contributed by atoms with E-state index in [4.69, 9.17) is 4.42 Å². The third-order valence-corrected chi connectivity index (χ3v) is 4.24. The lowest BCUT2D eigenvalue weighted by atomic mass is 9.85. The molecule has 0 aliphatic heterocycles. The zero-order chi connectivity index (χ0) is 17.7. The Hall–Kier alpha value is -2.45. The van der Waals surface area contributed by atoms with E-state index >= 15 is 0 Å². The number of nitrogens with zero attached hydrogens (tertiary/aromatic N) is 1. The number of hydrazone groups is 1. The Morgan fingerprint density at radius 3 is 2.04 bits per heavy atom. The molecule has 0 radical (unpaired) electrons. The van der Waals surface area contributed by atoms with Gasteiger partial charge in [0.2, 0.25) is 0 Å². The predicted molar refractivity (Wildman–Crippen MR) is 103 cm³/mol. The van der Waals surface area contributed by atoms with Crippen LogP contribution in [0.25, 0.3) is 0 Å². The molecule has 0 aliphatic carbocycles. The Bertz CT molecular complexity index is 836. The van der Waals surface area contributed by atoms with Gasteiger partial charge < -0.3 is 9.52 Å². The van der Waals surface area contributed by atoms with Crippen molar-refractivity contribution in [2.45, 2.75) is 5.60 Å². The maximum atomic E-state index is 12.8. The smallest absolute Gasteiger partial charge is 0.281 e. The van der Waals surface area contributed by atoms with Crippen LogP contribution in [0.3, 0.4) is 0 Å². The summed E-state index contributed by atoms with van der Waals surface area (Å²) in [5.41, 5.74) is 1.47. The predicted octanol–water partition coefficient (Wildman–Crippen LogP) is 3.27. The Morgan fingerprint density at radius 1 is 1.00 bits per heavy atom. The van der Waals surface area contributed by atoms with Gasteiger partial charge in [-0.25, -0.2) is 5.43 Å². The third kappa shape index (κ3) is 3.80. The van der Waals surface area contributed by atoms with Crippen LogP contribution in [-0.4, -0.2) is 17.2 Å². The van der Waals surface area contributed by atoms with Crippen LogP contribution in [0, 0.1) is 3.77 Å². The summed E-state index contributed by atoms with van der Waals surface area (Å²) in [5.74, 6) is -0.143. The standard InChI is InChI=1S/C19H15IN2O3/c20-17-12-11-16(25-17)13-21-22-18(23)19(24,14-7-3-1-4-8-14)15-9-5-2-6-10-15/h1-13,24H,(H,22,23)/b21-13+. The maximum absolute atomic E-state index is 12.8. The molecule has 0 saturated heterocycles. The van der Waals surface area contributed by atoms with Crippen LogP contribution in [0.5, 0.6) is 0 Å². The second-order valence-electron chi connectivity index (χ2n) is 5.28. The Labute approximate surface area is 158 Å². The third-order valence-electron chi connectivity index (χ3n) is 3.66. The summed E-state index contributed by atoms with van der Waals surface area (Å²) >= 11 is 2.04. The molecule has 1 heterocycles. The quantitative estimate of drug-likeness (QED) is 0.359. The molecular weight excluding hydrogens is 431 g/mol. The lowest BCUT2D eigenvalue weighted by Crippen LogP contribution is -2.43. The van der Waals surface area contributed by atoms with Crippen LogP contribution in [0.1, 0.15) is 16.9 Å². The van der Waals surface area contributed by atoms with Crippen molar-refractivity contribution in [2.24, 2.45) is 5.10 Å². The van der Waals surface area contributed by atoms with Crippen molar-refractivity contribution in [3.63, 3.8) is 0 Å². The molecule has 0 aliphatic rings. The van der Waals surface area contributed by atoms with E-state index in [1.54, 1.807) is 60.7 Å². The van der Waals surface area contributed by atoms with Crippen LogP contribution in [-0.2, 0) is 10.4 Å². The first-order valence-electron chi connectivity index (χ1n) is 7.53. The fourth-order valence-corrected chi connectivity index (χ4v) is 2.85. The van der Waals surface area contributed by atoms with Crippen LogP contribution < -0.4 is 5.43 Å². The highest BCUT2D eigenvalue weighted by Gasteiger charge is 2.39. The normalized spacial score (nSPS) is 11.6. The summed E-state index contributed by atoms with van der Waals surface area (Å²) in [4.78, 5) is 12.8.